The van der Waals surface area contributed by atoms with Crippen molar-refractivity contribution in [2.75, 3.05) is 7.11 Å². The van der Waals surface area contributed by atoms with E-state index < -0.39 is 17.7 Å². The van der Waals surface area contributed by atoms with Crippen LogP contribution < -0.4 is 24.7 Å². The van der Waals surface area contributed by atoms with Crippen molar-refractivity contribution in [3.8, 4) is 29.1 Å². The maximum Gasteiger partial charge on any atom is 0.346 e. The number of hydrogen-bond donors (Lipinski definition) is 1. The Morgan fingerprint density at radius 1 is 0.975 bits per heavy atom. The van der Waals surface area contributed by atoms with E-state index in [1.807, 2.05) is 0 Å². The van der Waals surface area contributed by atoms with Crippen molar-refractivity contribution in [3.05, 3.63) is 130 Å². The number of methoxy groups -OCH3 is 1. The van der Waals surface area contributed by atoms with Gasteiger partial charge in [-0.25, -0.2) is 13.6 Å². The van der Waals surface area contributed by atoms with E-state index in [9.17, 15) is 18.8 Å². The molecule has 9 heteroatoms. The van der Waals surface area contributed by atoms with E-state index >= 15 is 0 Å². The Morgan fingerprint density at radius 3 is 2.45 bits per heavy atom. The third-order valence-corrected chi connectivity index (χ3v) is 6.36. The van der Waals surface area contributed by atoms with Crippen molar-refractivity contribution in [1.82, 2.24) is 0 Å². The molecule has 1 unspecified atom stereocenters. The zero-order valence-electron chi connectivity index (χ0n) is 21.2. The average Bonchev–Trinajstić information content (AvgIpc) is 2.96. The highest BCUT2D eigenvalue weighted by atomic mass is 19.1. The van der Waals surface area contributed by atoms with Crippen LogP contribution in [0.1, 0.15) is 33.0 Å². The van der Waals surface area contributed by atoms with Gasteiger partial charge in [-0.15, -0.1) is 0 Å². The number of ether oxygens (including phenoxy) is 4. The maximum absolute atomic E-state index is 14.0. The highest BCUT2D eigenvalue weighted by molar-refractivity contribution is 5.91. The Hall–Kier alpha value is -5.36. The molecule has 5 rings (SSSR count). The Balaban J connectivity index is 1.45. The number of halogens is 2. The molecule has 0 fully saturated rings. The van der Waals surface area contributed by atoms with Crippen LogP contribution in [-0.4, -0.2) is 13.1 Å². The largest absolute Gasteiger partial charge is 0.493 e. The molecule has 0 spiro atoms. The molecule has 1 aliphatic heterocycles. The van der Waals surface area contributed by atoms with Gasteiger partial charge in [0.15, 0.2) is 11.5 Å². The maximum atomic E-state index is 14.0. The fourth-order valence-electron chi connectivity index (χ4n) is 4.38. The van der Waals surface area contributed by atoms with Crippen molar-refractivity contribution in [3.63, 3.8) is 0 Å². The van der Waals surface area contributed by atoms with Gasteiger partial charge in [0.05, 0.1) is 18.6 Å². The van der Waals surface area contributed by atoms with Crippen LogP contribution in [0.5, 0.6) is 23.0 Å². The minimum atomic E-state index is -0.873. The summed E-state index contributed by atoms with van der Waals surface area (Å²) in [4.78, 5) is 12.5. The van der Waals surface area contributed by atoms with Gasteiger partial charge in [-0.3, -0.25) is 0 Å². The standard InChI is InChI=1S/C31H22F2N2O5/c1-37-28-14-18(10-13-26(28)38-17-19-6-2-4-8-24(19)32)29-22-12-11-20(15-27(22)40-30(35)23(29)16-34)39-31(36)21-7-3-5-9-25(21)33/h2-15,29H,17,35H2,1H3. The van der Waals surface area contributed by atoms with Gasteiger partial charge in [0.25, 0.3) is 0 Å². The van der Waals surface area contributed by atoms with Crippen LogP contribution in [0, 0.1) is 23.0 Å². The molecule has 0 saturated carbocycles. The Bertz CT molecular complexity index is 1680. The minimum absolute atomic E-state index is 0.00679. The topological polar surface area (TPSA) is 104 Å². The zero-order valence-corrected chi connectivity index (χ0v) is 21.2. The van der Waals surface area contributed by atoms with Crippen LogP contribution in [0.3, 0.4) is 0 Å². The molecule has 4 aromatic rings. The van der Waals surface area contributed by atoms with E-state index in [4.69, 9.17) is 24.7 Å². The molecule has 7 nitrogen and oxygen atoms in total. The smallest absolute Gasteiger partial charge is 0.346 e. The molecule has 1 aliphatic rings. The second kappa shape index (κ2) is 11.2. The molecule has 0 saturated heterocycles. The Morgan fingerprint density at radius 2 is 1.73 bits per heavy atom. The number of esters is 1. The fourth-order valence-corrected chi connectivity index (χ4v) is 4.38. The number of benzene rings is 4. The molecule has 0 aromatic heterocycles. The highest BCUT2D eigenvalue weighted by Gasteiger charge is 2.32. The lowest BCUT2D eigenvalue weighted by Crippen LogP contribution is -2.21. The molecule has 0 bridgehead atoms. The minimum Gasteiger partial charge on any atom is -0.493 e. The van der Waals surface area contributed by atoms with E-state index in [1.165, 1.54) is 43.5 Å². The third kappa shape index (κ3) is 5.15. The number of nitrogens with two attached hydrogens (primary N) is 1. The Kier molecular flexibility index (Phi) is 7.33. The molecular formula is C31H22F2N2O5. The summed E-state index contributed by atoms with van der Waals surface area (Å²) in [6.07, 6.45) is 0. The van der Waals surface area contributed by atoms with Crippen LogP contribution in [0.4, 0.5) is 8.78 Å². The molecule has 2 N–H and O–H groups in total. The number of nitrogens with zero attached hydrogens (tertiary/aromatic N) is 1. The first-order valence-corrected chi connectivity index (χ1v) is 12.1. The van der Waals surface area contributed by atoms with Gasteiger partial charge in [0.1, 0.15) is 41.4 Å². The van der Waals surface area contributed by atoms with Gasteiger partial charge in [0.2, 0.25) is 5.88 Å². The molecule has 40 heavy (non-hydrogen) atoms. The summed E-state index contributed by atoms with van der Waals surface area (Å²) in [5, 5.41) is 9.90. The van der Waals surface area contributed by atoms with Crippen molar-refractivity contribution < 1.29 is 32.5 Å². The number of hydrogen-bond acceptors (Lipinski definition) is 7. The number of carbonyl (C=O) groups excluding carboxylic acids is 1. The first-order chi connectivity index (χ1) is 19.4. The number of rotatable bonds is 7. The second-order valence-electron chi connectivity index (χ2n) is 8.78. The summed E-state index contributed by atoms with van der Waals surface area (Å²) in [5.74, 6) is -1.59. The summed E-state index contributed by atoms with van der Waals surface area (Å²) in [6.45, 7) is -0.00679. The highest BCUT2D eigenvalue weighted by Crippen LogP contribution is 2.45. The van der Waals surface area contributed by atoms with Gasteiger partial charge >= 0.3 is 5.97 Å². The van der Waals surface area contributed by atoms with Gasteiger partial charge in [0, 0.05) is 17.2 Å². The molecule has 200 valence electrons. The van der Waals surface area contributed by atoms with E-state index in [0.29, 0.717) is 28.2 Å². The SMILES string of the molecule is COc1cc(C2C(C#N)=C(N)Oc3cc(OC(=O)c4ccccc4F)ccc32)ccc1OCc1ccccc1F. The van der Waals surface area contributed by atoms with E-state index in [2.05, 4.69) is 6.07 Å². The average molecular weight is 541 g/mol. The lowest BCUT2D eigenvalue weighted by Gasteiger charge is -2.27. The summed E-state index contributed by atoms with van der Waals surface area (Å²) >= 11 is 0. The van der Waals surface area contributed by atoms with Gasteiger partial charge in [-0.1, -0.05) is 42.5 Å². The fraction of sp³-hybridized carbons (Fsp3) is 0.0968. The molecule has 1 atom stereocenters. The molecular weight excluding hydrogens is 518 g/mol. The predicted molar refractivity (Wildman–Crippen MR) is 141 cm³/mol. The van der Waals surface area contributed by atoms with Crippen molar-refractivity contribution in [2.45, 2.75) is 12.5 Å². The van der Waals surface area contributed by atoms with Crippen molar-refractivity contribution in [1.29, 1.82) is 5.26 Å². The van der Waals surface area contributed by atoms with Crippen LogP contribution in [0.15, 0.2) is 96.4 Å². The summed E-state index contributed by atoms with van der Waals surface area (Å²) in [5.41, 5.74) is 7.69. The second-order valence-corrected chi connectivity index (χ2v) is 8.78. The van der Waals surface area contributed by atoms with E-state index in [1.54, 1.807) is 42.5 Å². The van der Waals surface area contributed by atoms with Gasteiger partial charge in [-0.05, 0) is 42.0 Å². The van der Waals surface area contributed by atoms with Gasteiger partial charge in [-0.2, -0.15) is 5.26 Å². The predicted octanol–water partition coefficient (Wildman–Crippen LogP) is 5.99. The van der Waals surface area contributed by atoms with Crippen molar-refractivity contribution in [2.24, 2.45) is 5.73 Å². The van der Waals surface area contributed by atoms with Crippen LogP contribution >= 0.6 is 0 Å². The molecule has 0 radical (unpaired) electrons. The molecule has 1 heterocycles. The van der Waals surface area contributed by atoms with Crippen LogP contribution in [0.25, 0.3) is 0 Å². The number of carbonyl (C=O) groups is 1. The Labute approximate surface area is 228 Å². The van der Waals surface area contributed by atoms with Gasteiger partial charge < -0.3 is 24.7 Å². The number of nitriles is 1. The van der Waals surface area contributed by atoms with E-state index in [0.717, 1.165) is 6.07 Å². The third-order valence-electron chi connectivity index (χ3n) is 6.36. The molecule has 0 amide bonds. The summed E-state index contributed by atoms with van der Waals surface area (Å²) < 4.78 is 50.4. The summed E-state index contributed by atoms with van der Waals surface area (Å²) in [6, 6.07) is 23.6. The summed E-state index contributed by atoms with van der Waals surface area (Å²) in [7, 11) is 1.47. The van der Waals surface area contributed by atoms with Crippen LogP contribution in [0.2, 0.25) is 0 Å². The number of allylic oxidation sites excluding steroid dienone is 1. The lowest BCUT2D eigenvalue weighted by molar-refractivity contribution is 0.0729. The van der Waals surface area contributed by atoms with E-state index in [-0.39, 0.29) is 40.9 Å². The normalized spacial score (nSPS) is 14.0. The monoisotopic (exact) mass is 540 g/mol. The lowest BCUT2D eigenvalue weighted by atomic mass is 9.83. The molecule has 4 aromatic carbocycles. The quantitative estimate of drug-likeness (QED) is 0.227. The number of fused-ring (bicyclic) bond motifs is 1. The first kappa shape index (κ1) is 26.3. The first-order valence-electron chi connectivity index (χ1n) is 12.1. The molecule has 0 aliphatic carbocycles. The van der Waals surface area contributed by atoms with Crippen LogP contribution in [-0.2, 0) is 6.61 Å². The zero-order chi connectivity index (χ0) is 28.2. The van der Waals surface area contributed by atoms with Crippen molar-refractivity contribution >= 4 is 5.97 Å².